The Balaban J connectivity index is 0.000000333. The van der Waals surface area contributed by atoms with Gasteiger partial charge >= 0.3 is 24.3 Å². The van der Waals surface area contributed by atoms with Crippen molar-refractivity contribution in [2.75, 3.05) is 33.3 Å². The van der Waals surface area contributed by atoms with Gasteiger partial charge in [-0.25, -0.2) is 14.6 Å². The van der Waals surface area contributed by atoms with Crippen LogP contribution < -0.4 is 4.74 Å². The number of aryl methyl sites for hydroxylation is 1. The predicted molar refractivity (Wildman–Crippen MR) is 131 cm³/mol. The molecular weight excluding hydrogens is 550 g/mol. The molecule has 1 fully saturated rings. The summed E-state index contributed by atoms with van der Waals surface area (Å²) < 4.78 is 71.2. The quantitative estimate of drug-likeness (QED) is 0.515. The Morgan fingerprint density at radius 2 is 1.45 bits per heavy atom. The number of carbonyl (C=O) groups is 2. The second-order valence-corrected chi connectivity index (χ2v) is 9.22. The summed E-state index contributed by atoms with van der Waals surface area (Å²) in [6, 6.07) is 8.47. The van der Waals surface area contributed by atoms with E-state index in [4.69, 9.17) is 29.5 Å². The van der Waals surface area contributed by atoms with E-state index >= 15 is 0 Å². The number of carboxylic acid groups (broad SMARTS) is 2. The van der Waals surface area contributed by atoms with Gasteiger partial charge in [0, 0.05) is 44.6 Å². The van der Waals surface area contributed by atoms with Crippen LogP contribution >= 0.6 is 0 Å². The number of carboxylic acids is 2. The number of fused-ring (bicyclic) bond motifs is 2. The molecule has 0 radical (unpaired) electrons. The predicted octanol–water partition coefficient (Wildman–Crippen LogP) is 4.29. The first-order chi connectivity index (χ1) is 18.5. The van der Waals surface area contributed by atoms with Gasteiger partial charge < -0.3 is 19.5 Å². The van der Waals surface area contributed by atoms with E-state index in [0.717, 1.165) is 57.9 Å². The molecule has 1 saturated heterocycles. The molecule has 1 aromatic carbocycles. The van der Waals surface area contributed by atoms with Gasteiger partial charge in [0.2, 0.25) is 0 Å². The maximum absolute atomic E-state index is 10.6. The topological polar surface area (TPSA) is 108 Å². The minimum absolute atomic E-state index is 0.123. The molecule has 0 amide bonds. The third-order valence-corrected chi connectivity index (χ3v) is 6.79. The number of likely N-dealkylation sites (N-methyl/N-ethyl adjacent to an activating group) is 1. The zero-order chi connectivity index (χ0) is 30.3. The number of piperidine rings is 1. The minimum Gasteiger partial charge on any atom is -0.497 e. The molecule has 2 aliphatic rings. The van der Waals surface area contributed by atoms with Crippen LogP contribution in [0.4, 0.5) is 26.3 Å². The van der Waals surface area contributed by atoms with Crippen molar-refractivity contribution < 1.29 is 50.9 Å². The number of hydrogen-bond donors (Lipinski definition) is 2. The maximum Gasteiger partial charge on any atom is 0.490 e. The smallest absolute Gasteiger partial charge is 0.490 e. The minimum atomic E-state index is -5.08. The van der Waals surface area contributed by atoms with E-state index in [0.29, 0.717) is 0 Å². The van der Waals surface area contributed by atoms with Crippen molar-refractivity contribution in [3.63, 3.8) is 0 Å². The fraction of sp³-hybridized carbons (Fsp3) is 0.560. The van der Waals surface area contributed by atoms with Crippen molar-refractivity contribution in [1.82, 2.24) is 19.4 Å². The summed E-state index contributed by atoms with van der Waals surface area (Å²) in [4.78, 5) is 27.9. The lowest BCUT2D eigenvalue weighted by molar-refractivity contribution is -0.193. The lowest BCUT2D eigenvalue weighted by atomic mass is 9.83. The number of ether oxygens (including phenoxy) is 1. The molecule has 224 valence electrons. The summed E-state index contributed by atoms with van der Waals surface area (Å²) in [6.45, 7) is 11.0. The van der Waals surface area contributed by atoms with Gasteiger partial charge in [0.25, 0.3) is 0 Å². The fourth-order valence-corrected chi connectivity index (χ4v) is 4.76. The largest absolute Gasteiger partial charge is 0.497 e. The molecule has 15 heteroatoms. The highest BCUT2D eigenvalue weighted by Crippen LogP contribution is 2.41. The Labute approximate surface area is 227 Å². The standard InChI is InChI=1S/C21H30N4O.2C2HF3O2/c1-4-24-13-14-25-17(2)15-22-20(25)21(24)9-11-23(12-10-21)16-18-5-7-19(26-3)8-6-18;2*3-2(4,5)1(6)7/h5-8,15H,4,9-14,16H2,1-3H3;2*(H,6,7). The number of benzene rings is 1. The molecule has 4 rings (SSSR count). The second-order valence-electron chi connectivity index (χ2n) is 9.22. The van der Waals surface area contributed by atoms with E-state index in [1.54, 1.807) is 7.11 Å². The normalized spacial score (nSPS) is 17.1. The summed E-state index contributed by atoms with van der Waals surface area (Å²) in [5.74, 6) is -3.29. The number of imidazole rings is 1. The van der Waals surface area contributed by atoms with Crippen LogP contribution in [0.25, 0.3) is 0 Å². The maximum atomic E-state index is 10.6. The third-order valence-electron chi connectivity index (χ3n) is 6.79. The number of hydrogen-bond acceptors (Lipinski definition) is 6. The van der Waals surface area contributed by atoms with Crippen molar-refractivity contribution in [1.29, 1.82) is 0 Å². The molecule has 3 heterocycles. The third kappa shape index (κ3) is 8.34. The van der Waals surface area contributed by atoms with Gasteiger partial charge in [-0.15, -0.1) is 0 Å². The van der Waals surface area contributed by atoms with Crippen LogP contribution in [0.3, 0.4) is 0 Å². The molecule has 0 atom stereocenters. The highest BCUT2D eigenvalue weighted by molar-refractivity contribution is 5.73. The summed E-state index contributed by atoms with van der Waals surface area (Å²) in [5, 5.41) is 14.2. The number of aliphatic carboxylic acids is 2. The monoisotopic (exact) mass is 582 g/mol. The van der Waals surface area contributed by atoms with E-state index < -0.39 is 24.3 Å². The van der Waals surface area contributed by atoms with Crippen LogP contribution in [0.5, 0.6) is 5.75 Å². The number of aromatic nitrogens is 2. The molecule has 2 aromatic rings. The van der Waals surface area contributed by atoms with Crippen LogP contribution in [-0.2, 0) is 28.2 Å². The van der Waals surface area contributed by atoms with Gasteiger partial charge in [0.1, 0.15) is 11.6 Å². The molecular formula is C25H32F6N4O5. The average molecular weight is 583 g/mol. The molecule has 0 saturated carbocycles. The first-order valence-corrected chi connectivity index (χ1v) is 12.3. The number of nitrogens with zero attached hydrogens (tertiary/aromatic N) is 4. The van der Waals surface area contributed by atoms with Crippen molar-refractivity contribution in [2.45, 2.75) is 57.7 Å². The summed E-state index contributed by atoms with van der Waals surface area (Å²) >= 11 is 0. The summed E-state index contributed by atoms with van der Waals surface area (Å²) in [5.41, 5.74) is 2.78. The molecule has 9 nitrogen and oxygen atoms in total. The molecule has 0 aliphatic carbocycles. The second kappa shape index (κ2) is 13.4. The van der Waals surface area contributed by atoms with Crippen LogP contribution in [0.2, 0.25) is 0 Å². The molecule has 2 N–H and O–H groups in total. The SMILES string of the molecule is CCN1CCn2c(C)cnc2C12CCN(Cc1ccc(OC)cc1)CC2.O=C(O)C(F)(F)F.O=C(O)C(F)(F)F. The van der Waals surface area contributed by atoms with Crippen LogP contribution in [0.1, 0.15) is 36.8 Å². The zero-order valence-corrected chi connectivity index (χ0v) is 22.2. The Hall–Kier alpha value is -3.33. The van der Waals surface area contributed by atoms with Gasteiger partial charge in [0.05, 0.1) is 12.6 Å². The number of methoxy groups -OCH3 is 1. The van der Waals surface area contributed by atoms with Gasteiger partial charge in [-0.1, -0.05) is 19.1 Å². The first kappa shape index (κ1) is 32.9. The van der Waals surface area contributed by atoms with Gasteiger partial charge in [-0.3, -0.25) is 9.80 Å². The molecule has 0 unspecified atom stereocenters. The average Bonchev–Trinajstić information content (AvgIpc) is 3.27. The van der Waals surface area contributed by atoms with Gasteiger partial charge in [-0.2, -0.15) is 26.3 Å². The lowest BCUT2D eigenvalue weighted by Gasteiger charge is -2.50. The van der Waals surface area contributed by atoms with E-state index in [-0.39, 0.29) is 5.54 Å². The molecule has 1 aromatic heterocycles. The summed E-state index contributed by atoms with van der Waals surface area (Å²) in [6.07, 6.45) is -5.79. The summed E-state index contributed by atoms with van der Waals surface area (Å²) in [7, 11) is 1.72. The van der Waals surface area contributed by atoms with Gasteiger partial charge in [0.15, 0.2) is 0 Å². The molecule has 1 spiro atoms. The van der Waals surface area contributed by atoms with Crippen molar-refractivity contribution in [3.8, 4) is 5.75 Å². The van der Waals surface area contributed by atoms with Crippen molar-refractivity contribution >= 4 is 11.9 Å². The number of halogens is 6. The van der Waals surface area contributed by atoms with Crippen LogP contribution in [0.15, 0.2) is 30.5 Å². The number of likely N-dealkylation sites (tertiary alicyclic amines) is 1. The van der Waals surface area contributed by atoms with Crippen LogP contribution in [0, 0.1) is 6.92 Å². The molecule has 2 aliphatic heterocycles. The Morgan fingerprint density at radius 3 is 1.88 bits per heavy atom. The van der Waals surface area contributed by atoms with Crippen LogP contribution in [-0.4, -0.2) is 87.1 Å². The number of rotatable bonds is 4. The fourth-order valence-electron chi connectivity index (χ4n) is 4.76. The number of alkyl halides is 6. The Kier molecular flexibility index (Phi) is 11.0. The van der Waals surface area contributed by atoms with Gasteiger partial charge in [-0.05, 0) is 44.0 Å². The van der Waals surface area contributed by atoms with E-state index in [2.05, 4.69) is 58.7 Å². The van der Waals surface area contributed by atoms with Crippen molar-refractivity contribution in [2.24, 2.45) is 0 Å². The van der Waals surface area contributed by atoms with E-state index in [1.807, 2.05) is 0 Å². The molecule has 0 bridgehead atoms. The Bertz CT molecular complexity index is 1100. The van der Waals surface area contributed by atoms with Crippen molar-refractivity contribution in [3.05, 3.63) is 47.5 Å². The highest BCUT2D eigenvalue weighted by Gasteiger charge is 2.46. The molecule has 40 heavy (non-hydrogen) atoms. The highest BCUT2D eigenvalue weighted by atomic mass is 19.4. The van der Waals surface area contributed by atoms with E-state index in [1.165, 1.54) is 17.1 Å². The first-order valence-electron chi connectivity index (χ1n) is 12.3. The zero-order valence-electron chi connectivity index (χ0n) is 22.2. The van der Waals surface area contributed by atoms with E-state index in [9.17, 15) is 26.3 Å². The Morgan fingerprint density at radius 1 is 0.950 bits per heavy atom. The lowest BCUT2D eigenvalue weighted by Crippen LogP contribution is -2.57.